The number of aromatic nitrogens is 2. The molecule has 1 saturated heterocycles. The molecule has 1 aliphatic heterocycles. The minimum atomic E-state index is -0.433. The lowest BCUT2D eigenvalue weighted by molar-refractivity contribution is 0.0940. The number of hydrogen-bond donors (Lipinski definition) is 2. The Balaban J connectivity index is 1.75. The van der Waals surface area contributed by atoms with Crippen molar-refractivity contribution in [2.75, 3.05) is 31.6 Å². The molecule has 0 bridgehead atoms. The third-order valence-electron chi connectivity index (χ3n) is 3.26. The Morgan fingerprint density at radius 2 is 2.17 bits per heavy atom. The Hall–Kier alpha value is -1.27. The third kappa shape index (κ3) is 3.61. The van der Waals surface area contributed by atoms with Gasteiger partial charge in [-0.05, 0) is 19.4 Å². The fraction of sp³-hybridized carbons (Fsp3) is 0.667. The topological polar surface area (TPSA) is 61.3 Å². The van der Waals surface area contributed by atoms with Crippen LogP contribution in [0.5, 0.6) is 0 Å². The molecule has 1 aliphatic rings. The molecule has 1 fully saturated rings. The zero-order chi connectivity index (χ0) is 12.8. The maximum Gasteiger partial charge on any atom is 0.222 e. The van der Waals surface area contributed by atoms with Crippen molar-refractivity contribution < 1.29 is 9.50 Å². The van der Waals surface area contributed by atoms with E-state index >= 15 is 0 Å². The second-order valence-corrected chi connectivity index (χ2v) is 4.52. The van der Waals surface area contributed by atoms with Gasteiger partial charge in [0.25, 0.3) is 0 Å². The molecule has 0 saturated carbocycles. The Morgan fingerprint density at radius 3 is 2.89 bits per heavy atom. The van der Waals surface area contributed by atoms with Gasteiger partial charge in [-0.2, -0.15) is 0 Å². The first-order valence-corrected chi connectivity index (χ1v) is 6.36. The van der Waals surface area contributed by atoms with Crippen molar-refractivity contribution in [3.8, 4) is 0 Å². The second kappa shape index (κ2) is 6.61. The highest BCUT2D eigenvalue weighted by atomic mass is 19.1. The molecule has 1 unspecified atom stereocenters. The fourth-order valence-corrected chi connectivity index (χ4v) is 2.28. The molecular formula is C12H19FN4O. The van der Waals surface area contributed by atoms with Gasteiger partial charge in [-0.3, -0.25) is 4.90 Å². The van der Waals surface area contributed by atoms with E-state index in [1.54, 1.807) is 0 Å². The van der Waals surface area contributed by atoms with Crippen LogP contribution in [0.2, 0.25) is 0 Å². The zero-order valence-electron chi connectivity index (χ0n) is 10.3. The molecule has 1 aromatic rings. The summed E-state index contributed by atoms with van der Waals surface area (Å²) >= 11 is 0. The maximum absolute atomic E-state index is 12.6. The van der Waals surface area contributed by atoms with Crippen LogP contribution < -0.4 is 5.32 Å². The van der Waals surface area contributed by atoms with Crippen LogP contribution in [-0.2, 0) is 0 Å². The summed E-state index contributed by atoms with van der Waals surface area (Å²) in [5, 5.41) is 12.3. The zero-order valence-corrected chi connectivity index (χ0v) is 10.3. The molecule has 1 atom stereocenters. The van der Waals surface area contributed by atoms with Crippen molar-refractivity contribution in [1.29, 1.82) is 0 Å². The number of hydrogen-bond acceptors (Lipinski definition) is 5. The average molecular weight is 254 g/mol. The van der Waals surface area contributed by atoms with E-state index in [1.165, 1.54) is 12.8 Å². The summed E-state index contributed by atoms with van der Waals surface area (Å²) in [7, 11) is 0. The molecule has 1 aromatic heterocycles. The molecule has 100 valence electrons. The number of nitrogens with zero attached hydrogens (tertiary/aromatic N) is 3. The lowest BCUT2D eigenvalue weighted by Gasteiger charge is -2.34. The number of likely N-dealkylation sites (tertiary alicyclic amines) is 1. The van der Waals surface area contributed by atoms with E-state index in [0.29, 0.717) is 12.5 Å². The van der Waals surface area contributed by atoms with Crippen LogP contribution in [0.1, 0.15) is 19.3 Å². The lowest BCUT2D eigenvalue weighted by atomic mass is 10.0. The van der Waals surface area contributed by atoms with Crippen molar-refractivity contribution in [2.45, 2.75) is 25.3 Å². The summed E-state index contributed by atoms with van der Waals surface area (Å²) in [5.41, 5.74) is 0. The van der Waals surface area contributed by atoms with Gasteiger partial charge >= 0.3 is 0 Å². The van der Waals surface area contributed by atoms with E-state index in [1.807, 2.05) is 0 Å². The van der Waals surface area contributed by atoms with Crippen LogP contribution in [-0.4, -0.2) is 52.3 Å². The van der Waals surface area contributed by atoms with Gasteiger partial charge in [0, 0.05) is 19.1 Å². The van der Waals surface area contributed by atoms with Gasteiger partial charge < -0.3 is 10.4 Å². The predicted octanol–water partition coefficient (Wildman–Crippen LogP) is 0.874. The first-order chi connectivity index (χ1) is 8.79. The third-order valence-corrected chi connectivity index (χ3v) is 3.26. The number of aliphatic hydroxyl groups excluding tert-OH is 1. The van der Waals surface area contributed by atoms with Gasteiger partial charge in [0.15, 0.2) is 5.82 Å². The average Bonchev–Trinajstić information content (AvgIpc) is 2.41. The molecule has 0 aromatic carbocycles. The second-order valence-electron chi connectivity index (χ2n) is 4.52. The van der Waals surface area contributed by atoms with E-state index < -0.39 is 5.82 Å². The SMILES string of the molecule is OCC1CCCCN1CCNc1ncc(F)cn1. The largest absolute Gasteiger partial charge is 0.395 e. The molecular weight excluding hydrogens is 235 g/mol. The van der Waals surface area contributed by atoms with Gasteiger partial charge in [0.1, 0.15) is 0 Å². The van der Waals surface area contributed by atoms with Crippen molar-refractivity contribution in [3.63, 3.8) is 0 Å². The van der Waals surface area contributed by atoms with Gasteiger partial charge in [-0.15, -0.1) is 0 Å². The van der Waals surface area contributed by atoms with Crippen molar-refractivity contribution in [2.24, 2.45) is 0 Å². The highest BCUT2D eigenvalue weighted by Crippen LogP contribution is 2.15. The summed E-state index contributed by atoms with van der Waals surface area (Å²) in [6, 6.07) is 0.273. The van der Waals surface area contributed by atoms with Gasteiger partial charge in [-0.25, -0.2) is 14.4 Å². The first-order valence-electron chi connectivity index (χ1n) is 6.36. The van der Waals surface area contributed by atoms with Crippen LogP contribution in [0.15, 0.2) is 12.4 Å². The van der Waals surface area contributed by atoms with E-state index in [-0.39, 0.29) is 12.6 Å². The highest BCUT2D eigenvalue weighted by molar-refractivity contribution is 5.22. The molecule has 2 rings (SSSR count). The standard InChI is InChI=1S/C12H19FN4O/c13-10-7-15-12(16-8-10)14-4-6-17-5-2-1-3-11(17)9-18/h7-8,11,18H,1-6,9H2,(H,14,15,16). The van der Waals surface area contributed by atoms with E-state index in [2.05, 4.69) is 20.2 Å². The Kier molecular flexibility index (Phi) is 4.83. The number of aliphatic hydroxyl groups is 1. The summed E-state index contributed by atoms with van der Waals surface area (Å²) < 4.78 is 12.6. The lowest BCUT2D eigenvalue weighted by Crippen LogP contribution is -2.44. The maximum atomic E-state index is 12.6. The predicted molar refractivity (Wildman–Crippen MR) is 66.8 cm³/mol. The monoisotopic (exact) mass is 254 g/mol. The Morgan fingerprint density at radius 1 is 1.39 bits per heavy atom. The Labute approximate surface area is 106 Å². The Bertz CT molecular complexity index is 360. The van der Waals surface area contributed by atoms with E-state index in [4.69, 9.17) is 0 Å². The molecule has 0 radical (unpaired) electrons. The summed E-state index contributed by atoms with van der Waals surface area (Å²) in [4.78, 5) is 9.95. The highest BCUT2D eigenvalue weighted by Gasteiger charge is 2.20. The van der Waals surface area contributed by atoms with Crippen molar-refractivity contribution in [1.82, 2.24) is 14.9 Å². The van der Waals surface area contributed by atoms with Gasteiger partial charge in [-0.1, -0.05) is 6.42 Å². The van der Waals surface area contributed by atoms with E-state index in [9.17, 15) is 9.50 Å². The number of piperidine rings is 1. The van der Waals surface area contributed by atoms with Crippen molar-refractivity contribution in [3.05, 3.63) is 18.2 Å². The van der Waals surface area contributed by atoms with Crippen LogP contribution in [0.4, 0.5) is 10.3 Å². The molecule has 5 nitrogen and oxygen atoms in total. The molecule has 0 amide bonds. The van der Waals surface area contributed by atoms with E-state index in [0.717, 1.165) is 31.9 Å². The summed E-state index contributed by atoms with van der Waals surface area (Å²) in [5.74, 6) is 0.00545. The molecule has 6 heteroatoms. The molecule has 0 aliphatic carbocycles. The molecule has 18 heavy (non-hydrogen) atoms. The number of halogens is 1. The minimum Gasteiger partial charge on any atom is -0.395 e. The number of anilines is 1. The van der Waals surface area contributed by atoms with Crippen molar-refractivity contribution >= 4 is 5.95 Å². The van der Waals surface area contributed by atoms with Crippen LogP contribution in [0.3, 0.4) is 0 Å². The molecule has 2 heterocycles. The molecule has 0 spiro atoms. The summed E-state index contributed by atoms with van der Waals surface area (Å²) in [6.07, 6.45) is 5.73. The fourth-order valence-electron chi connectivity index (χ4n) is 2.28. The van der Waals surface area contributed by atoms with Crippen LogP contribution >= 0.6 is 0 Å². The quantitative estimate of drug-likeness (QED) is 0.816. The first kappa shape index (κ1) is 13.2. The summed E-state index contributed by atoms with van der Waals surface area (Å²) in [6.45, 7) is 2.78. The number of nitrogens with one attached hydrogen (secondary N) is 1. The van der Waals surface area contributed by atoms with Gasteiger partial charge in [0.05, 0.1) is 19.0 Å². The van der Waals surface area contributed by atoms with Crippen LogP contribution in [0.25, 0.3) is 0 Å². The normalized spacial score (nSPS) is 20.9. The minimum absolute atomic E-state index is 0.215. The van der Waals surface area contributed by atoms with Crippen LogP contribution in [0, 0.1) is 5.82 Å². The number of rotatable bonds is 5. The smallest absolute Gasteiger partial charge is 0.222 e. The molecule has 2 N–H and O–H groups in total. The van der Waals surface area contributed by atoms with Gasteiger partial charge in [0.2, 0.25) is 5.95 Å².